The molecule has 2 unspecified atom stereocenters. The Kier molecular flexibility index (Phi) is 10.4. The van der Waals surface area contributed by atoms with Crippen LogP contribution in [-0.2, 0) is 42.4 Å². The molecule has 1 saturated heterocycles. The zero-order valence-corrected chi connectivity index (χ0v) is 31.0. The number of fused-ring (bicyclic) bond motifs is 2. The minimum Gasteiger partial charge on any atom is -0.461 e. The van der Waals surface area contributed by atoms with E-state index in [0.29, 0.717) is 24.1 Å². The SMILES string of the molecule is CC(C)C(=O)O[C@H]1[C@H](c2ccc3c(N)ncnn23)O[C@]2(C)C(OP(=O)(N[C@@H](C)C(=O)OC3CCC(N)CC3)Oc3ccccc3)[C@]12OC(=O)C(C)C. The van der Waals surface area contributed by atoms with Gasteiger partial charge in [-0.15, -0.1) is 0 Å². The molecular formula is C35H47N6O10P. The van der Waals surface area contributed by atoms with Crippen LogP contribution in [-0.4, -0.2) is 74.1 Å². The molecule has 1 aromatic carbocycles. The number of nitrogen functional groups attached to an aromatic ring is 1. The van der Waals surface area contributed by atoms with Gasteiger partial charge in [0, 0.05) is 6.04 Å². The highest BCUT2D eigenvalue weighted by Gasteiger charge is 2.91. The number of rotatable bonds is 13. The van der Waals surface area contributed by atoms with Gasteiger partial charge in [-0.1, -0.05) is 45.9 Å². The van der Waals surface area contributed by atoms with Crippen LogP contribution in [0.5, 0.6) is 5.75 Å². The number of carbonyl (C=O) groups is 3. The van der Waals surface area contributed by atoms with Crippen LogP contribution >= 0.6 is 7.75 Å². The molecule has 0 amide bonds. The number of para-hydroxylation sites is 1. The third-order valence-electron chi connectivity index (χ3n) is 9.83. The first kappa shape index (κ1) is 37.7. The van der Waals surface area contributed by atoms with E-state index in [0.717, 1.165) is 12.8 Å². The zero-order chi connectivity index (χ0) is 37.6. The highest BCUT2D eigenvalue weighted by molar-refractivity contribution is 7.52. The molecule has 1 aliphatic heterocycles. The summed E-state index contributed by atoms with van der Waals surface area (Å²) in [6, 6.07) is 10.5. The quantitative estimate of drug-likeness (QED) is 0.128. The molecule has 282 valence electrons. The van der Waals surface area contributed by atoms with Crippen molar-refractivity contribution in [3.05, 3.63) is 54.5 Å². The van der Waals surface area contributed by atoms with Crippen molar-refractivity contribution in [3.8, 4) is 5.75 Å². The van der Waals surface area contributed by atoms with Gasteiger partial charge in [-0.3, -0.25) is 18.9 Å². The zero-order valence-electron chi connectivity index (χ0n) is 30.1. The average Bonchev–Trinajstić information content (AvgIpc) is 3.36. The van der Waals surface area contributed by atoms with E-state index in [1.54, 1.807) is 77.1 Å². The van der Waals surface area contributed by atoms with Crippen LogP contribution in [0.25, 0.3) is 5.52 Å². The van der Waals surface area contributed by atoms with Gasteiger partial charge in [0.1, 0.15) is 47.5 Å². The van der Waals surface area contributed by atoms with Crippen molar-refractivity contribution < 1.29 is 46.9 Å². The Morgan fingerprint density at radius 3 is 2.29 bits per heavy atom. The van der Waals surface area contributed by atoms with Crippen LogP contribution in [0.2, 0.25) is 0 Å². The molecule has 16 nitrogen and oxygen atoms in total. The largest absolute Gasteiger partial charge is 0.461 e. The average molecular weight is 743 g/mol. The standard InChI is InChI=1S/C35H47N6O10P/c1-19(2)30(42)47-28-27(25-16-17-26-29(37)38-18-39-41(25)26)48-34(6)33(35(28,34)49-31(43)20(3)4)51-52(45,50-24-10-8-7-9-11-24)40-21(5)32(44)46-23-14-12-22(36)13-15-23/h7-11,16-23,27-28,33H,12-15,36H2,1-6H3,(H,40,45)(H2,37,38,39)/t21-,22?,23?,27-,28-,33?,34+,35+,52?/m0/s1. The Balaban J connectivity index is 1.36. The summed E-state index contributed by atoms with van der Waals surface area (Å²) in [5.41, 5.74) is 9.66. The number of nitrogens with zero attached hydrogens (tertiary/aromatic N) is 3. The predicted molar refractivity (Wildman–Crippen MR) is 186 cm³/mol. The Morgan fingerprint density at radius 1 is 0.962 bits per heavy atom. The Labute approximate surface area is 301 Å². The lowest BCUT2D eigenvalue weighted by Gasteiger charge is -2.31. The lowest BCUT2D eigenvalue weighted by atomic mass is 9.94. The highest BCUT2D eigenvalue weighted by Crippen LogP contribution is 2.71. The van der Waals surface area contributed by atoms with Crippen LogP contribution in [0.15, 0.2) is 48.8 Å². The molecular weight excluding hydrogens is 695 g/mol. The van der Waals surface area contributed by atoms with Crippen molar-refractivity contribution in [2.75, 3.05) is 5.73 Å². The van der Waals surface area contributed by atoms with E-state index in [-0.39, 0.29) is 23.7 Å². The molecule has 5 N–H and O–H groups in total. The lowest BCUT2D eigenvalue weighted by molar-refractivity contribution is -0.181. The Morgan fingerprint density at radius 2 is 1.63 bits per heavy atom. The van der Waals surface area contributed by atoms with Gasteiger partial charge in [-0.25, -0.2) is 14.1 Å². The molecule has 6 rings (SSSR count). The van der Waals surface area contributed by atoms with Crippen molar-refractivity contribution in [2.24, 2.45) is 17.6 Å². The molecule has 0 radical (unpaired) electrons. The minimum atomic E-state index is -4.54. The van der Waals surface area contributed by atoms with Gasteiger partial charge < -0.3 is 34.9 Å². The van der Waals surface area contributed by atoms with E-state index in [9.17, 15) is 18.9 Å². The van der Waals surface area contributed by atoms with E-state index in [2.05, 4.69) is 15.2 Å². The summed E-state index contributed by atoms with van der Waals surface area (Å²) in [6.07, 6.45) is -0.0792. The van der Waals surface area contributed by atoms with Gasteiger partial charge in [0.2, 0.25) is 5.60 Å². The number of esters is 3. The molecule has 52 heavy (non-hydrogen) atoms. The maximum absolute atomic E-state index is 14.9. The third-order valence-corrected chi connectivity index (χ3v) is 11.5. The van der Waals surface area contributed by atoms with Crippen LogP contribution < -0.4 is 21.1 Å². The first-order valence-electron chi connectivity index (χ1n) is 17.5. The number of anilines is 1. The van der Waals surface area contributed by atoms with Crippen LogP contribution in [0.4, 0.5) is 5.82 Å². The molecule has 2 saturated carbocycles. The van der Waals surface area contributed by atoms with Crippen molar-refractivity contribution in [1.29, 1.82) is 0 Å². The molecule has 3 fully saturated rings. The minimum absolute atomic E-state index is 0.0585. The van der Waals surface area contributed by atoms with Gasteiger partial charge in [0.25, 0.3) is 0 Å². The second kappa shape index (κ2) is 14.4. The Bertz CT molecular complexity index is 1850. The van der Waals surface area contributed by atoms with Gasteiger partial charge in [-0.2, -0.15) is 10.2 Å². The second-order valence-corrected chi connectivity index (χ2v) is 16.1. The summed E-state index contributed by atoms with van der Waals surface area (Å²) in [7, 11) is -4.54. The summed E-state index contributed by atoms with van der Waals surface area (Å²) in [4.78, 5) is 44.1. The number of carbonyl (C=O) groups excluding carboxylic acids is 3. The number of ether oxygens (including phenoxy) is 4. The van der Waals surface area contributed by atoms with Crippen molar-refractivity contribution in [1.82, 2.24) is 19.7 Å². The van der Waals surface area contributed by atoms with Crippen molar-refractivity contribution >= 4 is 37.0 Å². The van der Waals surface area contributed by atoms with Gasteiger partial charge in [0.05, 0.1) is 17.5 Å². The number of benzene rings is 1. The number of nitrogens with one attached hydrogen (secondary N) is 1. The fraction of sp³-hybridized carbons (Fsp3) is 0.571. The summed E-state index contributed by atoms with van der Waals surface area (Å²) in [5.74, 6) is -2.73. The second-order valence-electron chi connectivity index (χ2n) is 14.4. The molecule has 2 aromatic heterocycles. The first-order valence-corrected chi connectivity index (χ1v) is 19.1. The summed E-state index contributed by atoms with van der Waals surface area (Å²) in [5, 5.41) is 7.06. The summed E-state index contributed by atoms with van der Waals surface area (Å²) in [6.45, 7) is 9.71. The Hall–Kier alpha value is -4.08. The fourth-order valence-electron chi connectivity index (χ4n) is 6.77. The molecule has 3 aliphatic rings. The number of hydrogen-bond acceptors (Lipinski definition) is 14. The molecule has 7 atom stereocenters. The predicted octanol–water partition coefficient (Wildman–Crippen LogP) is 4.02. The highest BCUT2D eigenvalue weighted by atomic mass is 31.2. The van der Waals surface area contributed by atoms with Crippen molar-refractivity contribution in [2.45, 2.75) is 115 Å². The first-order chi connectivity index (χ1) is 24.6. The molecule has 3 aromatic rings. The van der Waals surface area contributed by atoms with Crippen molar-refractivity contribution in [3.63, 3.8) is 0 Å². The number of nitrogens with two attached hydrogens (primary N) is 2. The van der Waals surface area contributed by atoms with Crippen LogP contribution in [0, 0.1) is 11.8 Å². The molecule has 3 heterocycles. The van der Waals surface area contributed by atoms with E-state index in [4.69, 9.17) is 39.5 Å². The summed E-state index contributed by atoms with van der Waals surface area (Å²) >= 11 is 0. The number of hydrogen-bond donors (Lipinski definition) is 3. The molecule has 2 aliphatic carbocycles. The van der Waals surface area contributed by atoms with Gasteiger partial charge >= 0.3 is 25.7 Å². The molecule has 17 heteroatoms. The molecule has 0 spiro atoms. The smallest absolute Gasteiger partial charge is 0.459 e. The lowest BCUT2D eigenvalue weighted by Crippen LogP contribution is -2.45. The maximum Gasteiger partial charge on any atom is 0.459 e. The normalized spacial score (nSPS) is 30.0. The fourth-order valence-corrected chi connectivity index (χ4v) is 8.55. The number of aromatic nitrogens is 3. The summed E-state index contributed by atoms with van der Waals surface area (Å²) < 4.78 is 53.4. The van der Waals surface area contributed by atoms with Gasteiger partial charge in [0.15, 0.2) is 11.9 Å². The van der Waals surface area contributed by atoms with E-state index in [1.165, 1.54) is 17.8 Å². The van der Waals surface area contributed by atoms with E-state index >= 15 is 0 Å². The monoisotopic (exact) mass is 742 g/mol. The van der Waals surface area contributed by atoms with Crippen LogP contribution in [0.1, 0.15) is 79.0 Å². The molecule has 0 bridgehead atoms. The van der Waals surface area contributed by atoms with Gasteiger partial charge in [-0.05, 0) is 63.8 Å². The van der Waals surface area contributed by atoms with Crippen LogP contribution in [0.3, 0.4) is 0 Å². The topological polar surface area (TPSA) is 218 Å². The third kappa shape index (κ3) is 7.02. The van der Waals surface area contributed by atoms with E-state index < -0.39 is 73.0 Å². The maximum atomic E-state index is 14.9. The van der Waals surface area contributed by atoms with E-state index in [1.807, 2.05) is 0 Å².